The van der Waals surface area contributed by atoms with Gasteiger partial charge in [0.15, 0.2) is 0 Å². The van der Waals surface area contributed by atoms with Crippen LogP contribution in [0.5, 0.6) is 0 Å². The van der Waals surface area contributed by atoms with Gasteiger partial charge in [0.25, 0.3) is 0 Å². The number of rotatable bonds is 6. The molecule has 6 heteroatoms. The van der Waals surface area contributed by atoms with Crippen LogP contribution in [0.3, 0.4) is 0 Å². The van der Waals surface area contributed by atoms with Crippen LogP contribution in [0.2, 0.25) is 0 Å². The molecule has 0 aliphatic rings. The number of nitrogens with zero attached hydrogens (tertiary/aromatic N) is 1. The van der Waals surface area contributed by atoms with Crippen molar-refractivity contribution in [2.24, 2.45) is 16.5 Å². The lowest BCUT2D eigenvalue weighted by atomic mass is 10.4. The lowest BCUT2D eigenvalue weighted by molar-refractivity contribution is -0.137. The zero-order chi connectivity index (χ0) is 10.3. The van der Waals surface area contributed by atoms with E-state index in [4.69, 9.17) is 16.6 Å². The maximum absolute atomic E-state index is 10.3. The van der Waals surface area contributed by atoms with E-state index in [2.05, 4.69) is 4.99 Å². The van der Waals surface area contributed by atoms with Gasteiger partial charge < -0.3 is 16.6 Å². The summed E-state index contributed by atoms with van der Waals surface area (Å²) < 4.78 is 0. The monoisotopic (exact) mass is 205 g/mol. The number of carbonyl (C=O) groups is 1. The van der Waals surface area contributed by atoms with E-state index in [9.17, 15) is 4.79 Å². The summed E-state index contributed by atoms with van der Waals surface area (Å²) in [7, 11) is 0. The van der Waals surface area contributed by atoms with Crippen molar-refractivity contribution in [1.29, 1.82) is 0 Å². The van der Waals surface area contributed by atoms with Crippen LogP contribution in [0.15, 0.2) is 4.99 Å². The normalized spacial score (nSPS) is 14.2. The zero-order valence-electron chi connectivity index (χ0n) is 7.56. The predicted molar refractivity (Wildman–Crippen MR) is 55.1 cm³/mol. The second kappa shape index (κ2) is 6.73. The van der Waals surface area contributed by atoms with Crippen LogP contribution in [0.4, 0.5) is 0 Å². The van der Waals surface area contributed by atoms with E-state index in [1.165, 1.54) is 11.8 Å². The number of amidine groups is 1. The third-order valence-electron chi connectivity index (χ3n) is 1.21. The number of thioether (sulfide) groups is 1. The minimum Gasteiger partial charge on any atom is -0.480 e. The molecule has 5 N–H and O–H groups in total. The summed E-state index contributed by atoms with van der Waals surface area (Å²) in [5.41, 5.74) is 10.6. The molecule has 0 bridgehead atoms. The van der Waals surface area contributed by atoms with Crippen molar-refractivity contribution < 1.29 is 9.90 Å². The Hall–Kier alpha value is -0.750. The van der Waals surface area contributed by atoms with Gasteiger partial charge in [0, 0.05) is 18.1 Å². The Labute approximate surface area is 81.6 Å². The third kappa shape index (κ3) is 7.61. The molecule has 0 aliphatic heterocycles. The molecule has 76 valence electrons. The van der Waals surface area contributed by atoms with Crippen LogP contribution >= 0.6 is 11.8 Å². The van der Waals surface area contributed by atoms with Crippen molar-refractivity contribution in [3.05, 3.63) is 0 Å². The largest absolute Gasteiger partial charge is 0.480 e. The number of hydrogen-bond donors (Lipinski definition) is 3. The van der Waals surface area contributed by atoms with Gasteiger partial charge in [0.2, 0.25) is 0 Å². The average molecular weight is 205 g/mol. The van der Waals surface area contributed by atoms with Gasteiger partial charge in [0.05, 0.1) is 5.84 Å². The highest BCUT2D eigenvalue weighted by molar-refractivity contribution is 7.99. The Morgan fingerprint density at radius 2 is 2.31 bits per heavy atom. The van der Waals surface area contributed by atoms with Gasteiger partial charge in [-0.2, -0.15) is 11.8 Å². The first-order valence-corrected chi connectivity index (χ1v) is 5.02. The van der Waals surface area contributed by atoms with Gasteiger partial charge >= 0.3 is 5.97 Å². The Kier molecular flexibility index (Phi) is 6.34. The molecular weight excluding hydrogens is 190 g/mol. The number of aliphatic imine (C=N–C) groups is 1. The lowest BCUT2D eigenvalue weighted by Crippen LogP contribution is -2.32. The first-order chi connectivity index (χ1) is 6.04. The minimum atomic E-state index is -0.967. The van der Waals surface area contributed by atoms with Crippen molar-refractivity contribution in [2.75, 3.05) is 18.1 Å². The second-order valence-corrected chi connectivity index (χ2v) is 3.69. The van der Waals surface area contributed by atoms with E-state index in [1.807, 2.05) is 0 Å². The first kappa shape index (κ1) is 12.2. The Morgan fingerprint density at radius 3 is 2.77 bits per heavy atom. The van der Waals surface area contributed by atoms with Crippen molar-refractivity contribution >= 4 is 23.6 Å². The molecule has 1 atom stereocenters. The fourth-order valence-electron chi connectivity index (χ4n) is 0.568. The molecule has 0 heterocycles. The molecule has 0 amide bonds. The van der Waals surface area contributed by atoms with Crippen molar-refractivity contribution in [2.45, 2.75) is 13.0 Å². The molecule has 0 rings (SSSR count). The molecule has 0 aromatic heterocycles. The van der Waals surface area contributed by atoms with E-state index in [0.29, 0.717) is 18.1 Å². The molecule has 0 aromatic rings. The Balaban J connectivity index is 3.36. The third-order valence-corrected chi connectivity index (χ3v) is 2.28. The van der Waals surface area contributed by atoms with Crippen molar-refractivity contribution in [3.8, 4) is 0 Å². The molecule has 0 radical (unpaired) electrons. The molecule has 0 spiro atoms. The molecule has 13 heavy (non-hydrogen) atoms. The molecule has 0 fully saturated rings. The summed E-state index contributed by atoms with van der Waals surface area (Å²) in [4.78, 5) is 14.2. The van der Waals surface area contributed by atoms with Crippen LogP contribution in [0, 0.1) is 0 Å². The van der Waals surface area contributed by atoms with E-state index in [-0.39, 0.29) is 0 Å². The summed E-state index contributed by atoms with van der Waals surface area (Å²) in [5, 5.41) is 8.44. The van der Waals surface area contributed by atoms with E-state index in [0.717, 1.165) is 5.75 Å². The molecule has 0 saturated heterocycles. The number of aliphatic carboxylic acids is 1. The summed E-state index contributed by atoms with van der Waals surface area (Å²) in [6.07, 6.45) is 0. The Morgan fingerprint density at radius 1 is 1.69 bits per heavy atom. The smallest absolute Gasteiger partial charge is 0.321 e. The quantitative estimate of drug-likeness (QED) is 0.308. The topological polar surface area (TPSA) is 102 Å². The van der Waals surface area contributed by atoms with Crippen molar-refractivity contribution in [1.82, 2.24) is 0 Å². The maximum Gasteiger partial charge on any atom is 0.321 e. The van der Waals surface area contributed by atoms with Crippen LogP contribution in [0.25, 0.3) is 0 Å². The first-order valence-electron chi connectivity index (χ1n) is 3.86. The van der Waals surface area contributed by atoms with Crippen LogP contribution < -0.4 is 11.5 Å². The fraction of sp³-hybridized carbons (Fsp3) is 0.714. The van der Waals surface area contributed by atoms with Crippen molar-refractivity contribution in [3.63, 3.8) is 0 Å². The molecule has 0 aliphatic carbocycles. The summed E-state index contributed by atoms with van der Waals surface area (Å²) in [6, 6.07) is -0.784. The number of carboxylic acids is 1. The van der Waals surface area contributed by atoms with Gasteiger partial charge in [0.1, 0.15) is 6.04 Å². The van der Waals surface area contributed by atoms with E-state index < -0.39 is 12.0 Å². The lowest BCUT2D eigenvalue weighted by Gasteiger charge is -2.04. The van der Waals surface area contributed by atoms with E-state index in [1.54, 1.807) is 6.92 Å². The Bertz CT molecular complexity index is 192. The molecule has 1 unspecified atom stereocenters. The molecule has 0 aromatic carbocycles. The summed E-state index contributed by atoms with van der Waals surface area (Å²) in [6.45, 7) is 2.33. The predicted octanol–water partition coefficient (Wildman–Crippen LogP) is -0.491. The summed E-state index contributed by atoms with van der Waals surface area (Å²) >= 11 is 1.46. The van der Waals surface area contributed by atoms with Crippen LogP contribution in [0.1, 0.15) is 6.92 Å². The maximum atomic E-state index is 10.3. The average Bonchev–Trinajstić information content (AvgIpc) is 2.02. The highest BCUT2D eigenvalue weighted by Crippen LogP contribution is 2.01. The van der Waals surface area contributed by atoms with Crippen LogP contribution in [-0.4, -0.2) is 41.0 Å². The summed E-state index contributed by atoms with van der Waals surface area (Å²) in [5.74, 6) is 0.735. The molecule has 0 saturated carbocycles. The van der Waals surface area contributed by atoms with Gasteiger partial charge in [-0.1, -0.05) is 0 Å². The highest BCUT2D eigenvalue weighted by Gasteiger charge is 2.09. The zero-order valence-corrected chi connectivity index (χ0v) is 8.38. The van der Waals surface area contributed by atoms with Gasteiger partial charge in [-0.15, -0.1) is 0 Å². The van der Waals surface area contributed by atoms with Gasteiger partial charge in [-0.3, -0.25) is 9.79 Å². The van der Waals surface area contributed by atoms with E-state index >= 15 is 0 Å². The fourth-order valence-corrected chi connectivity index (χ4v) is 1.35. The molecular formula is C7H15N3O2S. The van der Waals surface area contributed by atoms with Crippen LogP contribution in [-0.2, 0) is 4.79 Å². The SMILES string of the molecule is CC(N)=NCCSCC(N)C(=O)O. The van der Waals surface area contributed by atoms with Gasteiger partial charge in [-0.05, 0) is 6.92 Å². The highest BCUT2D eigenvalue weighted by atomic mass is 32.2. The minimum absolute atomic E-state index is 0.411. The number of carboxylic acid groups (broad SMARTS) is 1. The number of nitrogens with two attached hydrogens (primary N) is 2. The number of hydrogen-bond acceptors (Lipinski definition) is 4. The second-order valence-electron chi connectivity index (χ2n) is 2.54. The standard InChI is InChI=1S/C7H15N3O2S/c1-5(8)10-2-3-13-4-6(9)7(11)12/h6H,2-4,9H2,1H3,(H2,8,10)(H,11,12). The molecule has 5 nitrogen and oxygen atoms in total. The van der Waals surface area contributed by atoms with Gasteiger partial charge in [-0.25, -0.2) is 0 Å².